The zero-order chi connectivity index (χ0) is 27.3. The Morgan fingerprint density at radius 2 is 1.82 bits per heavy atom. The number of benzene rings is 2. The van der Waals surface area contributed by atoms with E-state index in [4.69, 9.17) is 14.0 Å². The van der Waals surface area contributed by atoms with E-state index in [2.05, 4.69) is 36.2 Å². The number of hydrogen-bond donors (Lipinski definition) is 1. The summed E-state index contributed by atoms with van der Waals surface area (Å²) in [7, 11) is -2.14. The molecule has 2 aromatic carbocycles. The Labute approximate surface area is 223 Å². The van der Waals surface area contributed by atoms with Gasteiger partial charge in [-0.25, -0.2) is 8.42 Å². The van der Waals surface area contributed by atoms with E-state index in [1.165, 1.54) is 23.0 Å². The van der Waals surface area contributed by atoms with Crippen LogP contribution >= 0.6 is 0 Å². The van der Waals surface area contributed by atoms with Gasteiger partial charge in [-0.15, -0.1) is 0 Å². The summed E-state index contributed by atoms with van der Waals surface area (Å²) in [6.07, 6.45) is 0.434. The summed E-state index contributed by atoms with van der Waals surface area (Å²) in [5.74, 6) is 1.04. The third-order valence-electron chi connectivity index (χ3n) is 6.40. The molecule has 10 nitrogen and oxygen atoms in total. The number of carbonyl (C=O) groups excluding carboxylic acids is 1. The molecule has 3 aromatic rings. The lowest BCUT2D eigenvalue weighted by molar-refractivity contribution is -0.121. The summed E-state index contributed by atoms with van der Waals surface area (Å²) in [5, 5.41) is 6.80. The minimum atomic E-state index is -3.66. The molecule has 11 heteroatoms. The van der Waals surface area contributed by atoms with Crippen molar-refractivity contribution >= 4 is 15.9 Å². The molecule has 0 saturated carbocycles. The van der Waals surface area contributed by atoms with Crippen LogP contribution < -0.4 is 10.1 Å². The molecule has 204 valence electrons. The molecular formula is C27H34N4O6S. The molecule has 1 N–H and O–H groups in total. The number of rotatable bonds is 9. The van der Waals surface area contributed by atoms with Crippen LogP contribution in [0.4, 0.5) is 0 Å². The molecule has 4 rings (SSSR count). The van der Waals surface area contributed by atoms with E-state index in [-0.39, 0.29) is 29.2 Å². The Morgan fingerprint density at radius 3 is 2.47 bits per heavy atom. The Kier molecular flexibility index (Phi) is 8.49. The highest BCUT2D eigenvalue weighted by atomic mass is 32.2. The fourth-order valence-electron chi connectivity index (χ4n) is 4.12. The number of hydrogen-bond acceptors (Lipinski definition) is 8. The normalized spacial score (nSPS) is 14.8. The first-order chi connectivity index (χ1) is 18.1. The largest absolute Gasteiger partial charge is 0.496 e. The average Bonchev–Trinajstić information content (AvgIpc) is 3.40. The number of nitrogens with zero attached hydrogens (tertiary/aromatic N) is 3. The summed E-state index contributed by atoms with van der Waals surface area (Å²) in [4.78, 5) is 17.1. The first-order valence-corrected chi connectivity index (χ1v) is 14.0. The van der Waals surface area contributed by atoms with E-state index < -0.39 is 10.0 Å². The summed E-state index contributed by atoms with van der Waals surface area (Å²) in [6, 6.07) is 12.7. The van der Waals surface area contributed by atoms with Gasteiger partial charge in [0, 0.05) is 25.1 Å². The second kappa shape index (κ2) is 11.6. The number of nitrogens with one attached hydrogen (secondary N) is 1. The minimum Gasteiger partial charge on any atom is -0.496 e. The number of ether oxygens (including phenoxy) is 2. The van der Waals surface area contributed by atoms with Crippen molar-refractivity contribution in [1.29, 1.82) is 0 Å². The maximum Gasteiger partial charge on any atom is 0.246 e. The standard InChI is InChI=1S/C27H34N4O6S/c1-27(2,3)21-8-5-19(6-9-21)26-29-25(37-30-26)18-28-24(32)12-7-20-17-22(10-11-23(20)35-4)38(33,34)31-13-15-36-16-14-31/h5-6,8-11,17H,7,12-16,18H2,1-4H3,(H,28,32). The van der Waals surface area contributed by atoms with Crippen molar-refractivity contribution in [3.05, 3.63) is 59.5 Å². The molecule has 1 fully saturated rings. The smallest absolute Gasteiger partial charge is 0.246 e. The second-order valence-electron chi connectivity index (χ2n) is 10.1. The molecule has 0 atom stereocenters. The highest BCUT2D eigenvalue weighted by molar-refractivity contribution is 7.89. The van der Waals surface area contributed by atoms with Crippen molar-refractivity contribution in [2.45, 2.75) is 50.5 Å². The van der Waals surface area contributed by atoms with Crippen molar-refractivity contribution in [1.82, 2.24) is 19.8 Å². The highest BCUT2D eigenvalue weighted by Crippen LogP contribution is 2.27. The molecule has 1 aliphatic heterocycles. The van der Waals surface area contributed by atoms with E-state index in [1.54, 1.807) is 12.1 Å². The predicted molar refractivity (Wildman–Crippen MR) is 141 cm³/mol. The lowest BCUT2D eigenvalue weighted by Crippen LogP contribution is -2.40. The Bertz CT molecular complexity index is 1360. The van der Waals surface area contributed by atoms with E-state index in [9.17, 15) is 13.2 Å². The molecular weight excluding hydrogens is 508 g/mol. The molecule has 0 spiro atoms. The van der Waals surface area contributed by atoms with Gasteiger partial charge in [0.1, 0.15) is 5.75 Å². The van der Waals surface area contributed by atoms with Crippen molar-refractivity contribution in [3.8, 4) is 17.1 Å². The molecule has 1 aliphatic rings. The molecule has 0 radical (unpaired) electrons. The minimum absolute atomic E-state index is 0.0492. The second-order valence-corrected chi connectivity index (χ2v) is 12.0. The molecule has 0 bridgehead atoms. The van der Waals surface area contributed by atoms with Crippen LogP contribution in [0.25, 0.3) is 11.4 Å². The highest BCUT2D eigenvalue weighted by Gasteiger charge is 2.27. The third-order valence-corrected chi connectivity index (χ3v) is 8.29. The van der Waals surface area contributed by atoms with E-state index in [0.29, 0.717) is 55.8 Å². The van der Waals surface area contributed by atoms with Gasteiger partial charge in [-0.3, -0.25) is 4.79 Å². The fraction of sp³-hybridized carbons (Fsp3) is 0.444. The Balaban J connectivity index is 1.35. The number of aromatic nitrogens is 2. The molecule has 2 heterocycles. The van der Waals surface area contributed by atoms with Crippen LogP contribution in [0.2, 0.25) is 0 Å². The zero-order valence-corrected chi connectivity index (χ0v) is 23.0. The lowest BCUT2D eigenvalue weighted by atomic mass is 9.87. The van der Waals surface area contributed by atoms with Gasteiger partial charge in [-0.2, -0.15) is 9.29 Å². The number of carbonyl (C=O) groups is 1. The summed E-state index contributed by atoms with van der Waals surface area (Å²) >= 11 is 0. The average molecular weight is 543 g/mol. The number of sulfonamides is 1. The first kappa shape index (κ1) is 27.7. The van der Waals surface area contributed by atoms with Crippen LogP contribution in [0, 0.1) is 0 Å². The van der Waals surface area contributed by atoms with E-state index in [1.807, 2.05) is 24.3 Å². The summed E-state index contributed by atoms with van der Waals surface area (Å²) in [6.45, 7) is 7.90. The molecule has 1 saturated heterocycles. The predicted octanol–water partition coefficient (Wildman–Crippen LogP) is 3.31. The molecule has 38 heavy (non-hydrogen) atoms. The van der Waals surface area contributed by atoms with Gasteiger partial charge in [-0.1, -0.05) is 50.2 Å². The van der Waals surface area contributed by atoms with Crippen LogP contribution in [0.1, 0.15) is 44.2 Å². The van der Waals surface area contributed by atoms with Gasteiger partial charge in [0.05, 0.1) is 31.8 Å². The summed E-state index contributed by atoms with van der Waals surface area (Å²) < 4.78 is 43.4. The van der Waals surface area contributed by atoms with Gasteiger partial charge in [0.15, 0.2) is 0 Å². The zero-order valence-electron chi connectivity index (χ0n) is 22.2. The quantitative estimate of drug-likeness (QED) is 0.437. The number of methoxy groups -OCH3 is 1. The van der Waals surface area contributed by atoms with Crippen molar-refractivity contribution < 1.29 is 27.2 Å². The van der Waals surface area contributed by atoms with Crippen molar-refractivity contribution in [2.24, 2.45) is 0 Å². The number of aryl methyl sites for hydroxylation is 1. The maximum atomic E-state index is 13.0. The third kappa shape index (κ3) is 6.58. The van der Waals surface area contributed by atoms with Gasteiger partial charge >= 0.3 is 0 Å². The lowest BCUT2D eigenvalue weighted by Gasteiger charge is -2.26. The van der Waals surface area contributed by atoms with Crippen LogP contribution in [0.3, 0.4) is 0 Å². The number of amides is 1. The van der Waals surface area contributed by atoms with E-state index in [0.717, 1.165) is 5.56 Å². The molecule has 1 amide bonds. The Morgan fingerprint density at radius 1 is 1.11 bits per heavy atom. The van der Waals surface area contributed by atoms with E-state index >= 15 is 0 Å². The SMILES string of the molecule is COc1ccc(S(=O)(=O)N2CCOCC2)cc1CCC(=O)NCc1nc(-c2ccc(C(C)(C)C)cc2)no1. The van der Waals surface area contributed by atoms with Gasteiger partial charge in [0.25, 0.3) is 0 Å². The van der Waals surface area contributed by atoms with Gasteiger partial charge in [0.2, 0.25) is 27.6 Å². The van der Waals surface area contributed by atoms with Crippen LogP contribution in [-0.4, -0.2) is 62.2 Å². The van der Waals surface area contributed by atoms with Crippen LogP contribution in [0.5, 0.6) is 5.75 Å². The van der Waals surface area contributed by atoms with Crippen LogP contribution in [0.15, 0.2) is 51.9 Å². The molecule has 0 aliphatic carbocycles. The first-order valence-electron chi connectivity index (χ1n) is 12.5. The van der Waals surface area contributed by atoms with Crippen molar-refractivity contribution in [3.63, 3.8) is 0 Å². The summed E-state index contributed by atoms with van der Waals surface area (Å²) in [5.41, 5.74) is 2.72. The van der Waals surface area contributed by atoms with Crippen LogP contribution in [-0.2, 0) is 37.9 Å². The van der Waals surface area contributed by atoms with Gasteiger partial charge < -0.3 is 19.3 Å². The maximum absolute atomic E-state index is 13.0. The van der Waals surface area contributed by atoms with Crippen molar-refractivity contribution in [2.75, 3.05) is 33.4 Å². The van der Waals surface area contributed by atoms with Gasteiger partial charge in [-0.05, 0) is 41.2 Å². The molecule has 1 aromatic heterocycles. The number of morpholine rings is 1. The Hall–Kier alpha value is -3.28. The fourth-order valence-corrected chi connectivity index (χ4v) is 5.58. The monoisotopic (exact) mass is 542 g/mol. The molecule has 0 unspecified atom stereocenters. The topological polar surface area (TPSA) is 124 Å².